The molecule has 0 aliphatic rings. The van der Waals surface area contributed by atoms with Crippen LogP contribution in [0.15, 0.2) is 58.8 Å². The molecule has 9 heteroatoms. The first-order valence-corrected chi connectivity index (χ1v) is 8.91. The fourth-order valence-corrected chi connectivity index (χ4v) is 3.68. The van der Waals surface area contributed by atoms with Crippen molar-refractivity contribution in [1.29, 1.82) is 0 Å². The maximum Gasteiger partial charge on any atom is 0.278 e. The highest BCUT2D eigenvalue weighted by molar-refractivity contribution is 7.99. The van der Waals surface area contributed by atoms with E-state index in [1.54, 1.807) is 23.0 Å². The Labute approximate surface area is 158 Å². The Kier molecular flexibility index (Phi) is 4.28. The van der Waals surface area contributed by atoms with E-state index in [4.69, 9.17) is 0 Å². The first-order chi connectivity index (χ1) is 13.0. The Morgan fingerprint density at radius 2 is 1.93 bits per heavy atom. The van der Waals surface area contributed by atoms with E-state index in [-0.39, 0.29) is 5.69 Å². The number of aryl methyl sites for hydroxylation is 2. The molecule has 0 aliphatic carbocycles. The number of tetrazole rings is 1. The molecule has 2 aromatic carbocycles. The highest BCUT2D eigenvalue weighted by Gasteiger charge is 2.17. The van der Waals surface area contributed by atoms with Crippen molar-refractivity contribution in [1.82, 2.24) is 25.2 Å². The molecule has 0 amide bonds. The summed E-state index contributed by atoms with van der Waals surface area (Å²) in [7, 11) is 0. The lowest BCUT2D eigenvalue weighted by molar-refractivity contribution is -0.383. The first-order valence-electron chi connectivity index (χ1n) is 8.09. The number of rotatable bonds is 4. The number of nitro benzene ring substituents is 1. The van der Waals surface area contributed by atoms with E-state index in [1.165, 1.54) is 29.6 Å². The zero-order chi connectivity index (χ0) is 19.0. The van der Waals surface area contributed by atoms with Crippen LogP contribution in [0, 0.1) is 24.0 Å². The Morgan fingerprint density at radius 1 is 1.07 bits per heavy atom. The van der Waals surface area contributed by atoms with E-state index in [9.17, 15) is 10.1 Å². The van der Waals surface area contributed by atoms with Gasteiger partial charge >= 0.3 is 0 Å². The van der Waals surface area contributed by atoms with Crippen LogP contribution < -0.4 is 0 Å². The average molecular weight is 378 g/mol. The van der Waals surface area contributed by atoms with Crippen LogP contribution in [0.1, 0.15) is 11.1 Å². The van der Waals surface area contributed by atoms with Gasteiger partial charge in [-0.15, -0.1) is 5.10 Å². The third-order valence-electron chi connectivity index (χ3n) is 4.33. The molecule has 2 heterocycles. The van der Waals surface area contributed by atoms with Gasteiger partial charge in [-0.05, 0) is 71.4 Å². The molecule has 0 unspecified atom stereocenters. The van der Waals surface area contributed by atoms with Crippen molar-refractivity contribution in [3.05, 3.63) is 70.0 Å². The predicted octanol–water partition coefficient (Wildman–Crippen LogP) is 3.89. The molecular weight excluding hydrogens is 364 g/mol. The van der Waals surface area contributed by atoms with Crippen molar-refractivity contribution < 1.29 is 4.92 Å². The van der Waals surface area contributed by atoms with Gasteiger partial charge in [-0.1, -0.05) is 6.07 Å². The molecule has 4 rings (SSSR count). The van der Waals surface area contributed by atoms with Crippen LogP contribution in [0.25, 0.3) is 16.5 Å². The standard InChI is InChI=1S/C18H14N6O2S/c1-11-3-4-13(9-12(11)2)23-18(20-21-22-23)27-17-6-5-16(24(25)26)15-10-19-8-7-14(15)17/h3-10H,1-2H3. The van der Waals surface area contributed by atoms with E-state index in [0.29, 0.717) is 10.5 Å². The van der Waals surface area contributed by atoms with Gasteiger partial charge in [0, 0.05) is 28.7 Å². The summed E-state index contributed by atoms with van der Waals surface area (Å²) in [4.78, 5) is 15.7. The van der Waals surface area contributed by atoms with Crippen molar-refractivity contribution in [3.63, 3.8) is 0 Å². The number of hydrogen-bond acceptors (Lipinski definition) is 7. The largest absolute Gasteiger partial charge is 0.278 e. The summed E-state index contributed by atoms with van der Waals surface area (Å²) in [6.45, 7) is 4.08. The van der Waals surface area contributed by atoms with Crippen molar-refractivity contribution >= 4 is 28.2 Å². The molecule has 0 N–H and O–H groups in total. The van der Waals surface area contributed by atoms with E-state index in [1.807, 2.05) is 32.0 Å². The summed E-state index contributed by atoms with van der Waals surface area (Å²) in [6.07, 6.45) is 3.12. The van der Waals surface area contributed by atoms with Crippen molar-refractivity contribution in [2.24, 2.45) is 0 Å². The van der Waals surface area contributed by atoms with Crippen LogP contribution in [0.4, 0.5) is 5.69 Å². The van der Waals surface area contributed by atoms with Crippen LogP contribution in [0.5, 0.6) is 0 Å². The molecule has 0 saturated heterocycles. The number of non-ortho nitro benzene ring substituents is 1. The number of nitrogens with zero attached hydrogens (tertiary/aromatic N) is 6. The fraction of sp³-hybridized carbons (Fsp3) is 0.111. The monoisotopic (exact) mass is 378 g/mol. The fourth-order valence-electron chi connectivity index (χ4n) is 2.76. The average Bonchev–Trinajstić information content (AvgIpc) is 3.12. The van der Waals surface area contributed by atoms with Gasteiger partial charge in [0.25, 0.3) is 5.69 Å². The molecule has 0 aliphatic heterocycles. The number of fused-ring (bicyclic) bond motifs is 1. The van der Waals surface area contributed by atoms with Gasteiger partial charge in [0.15, 0.2) is 0 Å². The van der Waals surface area contributed by atoms with Gasteiger partial charge < -0.3 is 0 Å². The highest BCUT2D eigenvalue weighted by atomic mass is 32.2. The third kappa shape index (κ3) is 3.13. The summed E-state index contributed by atoms with van der Waals surface area (Å²) in [5.74, 6) is 0. The number of aromatic nitrogens is 5. The lowest BCUT2D eigenvalue weighted by Crippen LogP contribution is -2.00. The summed E-state index contributed by atoms with van der Waals surface area (Å²) >= 11 is 1.35. The van der Waals surface area contributed by atoms with Crippen LogP contribution in [-0.2, 0) is 0 Å². The molecule has 0 saturated carbocycles. The van der Waals surface area contributed by atoms with Crippen molar-refractivity contribution in [2.45, 2.75) is 23.9 Å². The molecular formula is C18H14N6O2S. The molecule has 0 atom stereocenters. The predicted molar refractivity (Wildman–Crippen MR) is 101 cm³/mol. The smallest absolute Gasteiger partial charge is 0.264 e. The van der Waals surface area contributed by atoms with Crippen LogP contribution in [0.2, 0.25) is 0 Å². The van der Waals surface area contributed by atoms with Gasteiger partial charge in [-0.25, -0.2) is 0 Å². The maximum atomic E-state index is 11.3. The Hall–Kier alpha value is -3.33. The zero-order valence-electron chi connectivity index (χ0n) is 14.5. The number of pyridine rings is 1. The van der Waals surface area contributed by atoms with E-state index in [2.05, 4.69) is 20.5 Å². The minimum Gasteiger partial charge on any atom is -0.264 e. The Morgan fingerprint density at radius 3 is 2.70 bits per heavy atom. The Balaban J connectivity index is 1.78. The quantitative estimate of drug-likeness (QED) is 0.392. The lowest BCUT2D eigenvalue weighted by atomic mass is 10.1. The third-order valence-corrected chi connectivity index (χ3v) is 5.34. The number of nitro groups is 1. The highest BCUT2D eigenvalue weighted by Crippen LogP contribution is 2.36. The van der Waals surface area contributed by atoms with Gasteiger partial charge in [0.05, 0.1) is 16.0 Å². The molecule has 0 spiro atoms. The molecule has 0 bridgehead atoms. The minimum absolute atomic E-state index is 0.0243. The second kappa shape index (κ2) is 6.76. The lowest BCUT2D eigenvalue weighted by Gasteiger charge is -2.08. The van der Waals surface area contributed by atoms with Gasteiger partial charge in [0.1, 0.15) is 0 Å². The number of benzene rings is 2. The molecule has 0 fully saturated rings. The summed E-state index contributed by atoms with van der Waals surface area (Å²) < 4.78 is 1.66. The molecule has 8 nitrogen and oxygen atoms in total. The van der Waals surface area contributed by atoms with E-state index < -0.39 is 4.92 Å². The molecule has 134 valence electrons. The summed E-state index contributed by atoms with van der Waals surface area (Å²) in [6, 6.07) is 11.0. The van der Waals surface area contributed by atoms with E-state index >= 15 is 0 Å². The summed E-state index contributed by atoms with van der Waals surface area (Å²) in [5.41, 5.74) is 3.22. The second-order valence-corrected chi connectivity index (χ2v) is 7.01. The van der Waals surface area contributed by atoms with Gasteiger partial charge in [-0.3, -0.25) is 15.1 Å². The van der Waals surface area contributed by atoms with Gasteiger partial charge in [-0.2, -0.15) is 4.68 Å². The molecule has 27 heavy (non-hydrogen) atoms. The number of hydrogen-bond donors (Lipinski definition) is 0. The van der Waals surface area contributed by atoms with E-state index in [0.717, 1.165) is 21.5 Å². The van der Waals surface area contributed by atoms with Crippen LogP contribution >= 0.6 is 11.8 Å². The Bertz CT molecular complexity index is 1170. The molecule has 0 radical (unpaired) electrons. The van der Waals surface area contributed by atoms with Crippen LogP contribution in [-0.4, -0.2) is 30.1 Å². The minimum atomic E-state index is -0.405. The molecule has 2 aromatic heterocycles. The normalized spacial score (nSPS) is 11.0. The maximum absolute atomic E-state index is 11.3. The molecule has 4 aromatic rings. The van der Waals surface area contributed by atoms with Crippen molar-refractivity contribution in [3.8, 4) is 5.69 Å². The first kappa shape index (κ1) is 17.1. The second-order valence-electron chi connectivity index (χ2n) is 6.01. The van der Waals surface area contributed by atoms with Gasteiger partial charge in [0.2, 0.25) is 5.16 Å². The zero-order valence-corrected chi connectivity index (χ0v) is 15.3. The van der Waals surface area contributed by atoms with Crippen molar-refractivity contribution in [2.75, 3.05) is 0 Å². The van der Waals surface area contributed by atoms with Crippen LogP contribution in [0.3, 0.4) is 0 Å². The summed E-state index contributed by atoms with van der Waals surface area (Å²) in [5, 5.41) is 25.1. The topological polar surface area (TPSA) is 99.6 Å². The SMILES string of the molecule is Cc1ccc(-n2nnnc2Sc2ccc([N+](=O)[O-])c3cnccc23)cc1C.